The second kappa shape index (κ2) is 9.48. The molecule has 0 unspecified atom stereocenters. The van der Waals surface area contributed by atoms with Crippen LogP contribution in [0.4, 0.5) is 0 Å². The Labute approximate surface area is 179 Å². The lowest BCUT2D eigenvalue weighted by atomic mass is 9.90. The summed E-state index contributed by atoms with van der Waals surface area (Å²) in [6.45, 7) is 3.35. The van der Waals surface area contributed by atoms with E-state index >= 15 is 0 Å². The third-order valence-corrected chi connectivity index (χ3v) is 7.05. The van der Waals surface area contributed by atoms with E-state index in [1.807, 2.05) is 23.1 Å². The van der Waals surface area contributed by atoms with Crippen LogP contribution in [-0.4, -0.2) is 82.5 Å². The average molecular weight is 414 g/mol. The molecule has 3 fully saturated rings. The van der Waals surface area contributed by atoms with E-state index in [-0.39, 0.29) is 18.4 Å². The van der Waals surface area contributed by atoms with Crippen molar-refractivity contribution in [2.75, 3.05) is 39.3 Å². The standard InChI is InChI=1S/C24H35N3O3/c28-22-18-25(16-17-27(22)21-10-5-2-6-11-21)19-24(30)13-7-14-26(23(24)29)15-12-20-8-3-1-4-9-20/h1,3-4,8-9,21,30H,2,5-7,10-19H2/t24-/m0/s1. The normalized spacial score (nSPS) is 27.0. The molecule has 4 rings (SSSR count). The fourth-order valence-corrected chi connectivity index (χ4v) is 5.35. The highest BCUT2D eigenvalue weighted by molar-refractivity contribution is 5.86. The minimum atomic E-state index is -1.37. The summed E-state index contributed by atoms with van der Waals surface area (Å²) in [5.41, 5.74) is -0.175. The van der Waals surface area contributed by atoms with E-state index < -0.39 is 5.60 Å². The van der Waals surface area contributed by atoms with Crippen LogP contribution in [0.1, 0.15) is 50.5 Å². The first kappa shape index (κ1) is 21.3. The second-order valence-electron chi connectivity index (χ2n) is 9.25. The van der Waals surface area contributed by atoms with Crippen molar-refractivity contribution in [1.29, 1.82) is 0 Å². The molecule has 1 saturated carbocycles. The zero-order valence-corrected chi connectivity index (χ0v) is 18.0. The van der Waals surface area contributed by atoms with Crippen LogP contribution in [0.15, 0.2) is 30.3 Å². The van der Waals surface area contributed by atoms with Gasteiger partial charge in [0.15, 0.2) is 5.60 Å². The van der Waals surface area contributed by atoms with E-state index in [0.717, 1.165) is 32.2 Å². The van der Waals surface area contributed by atoms with E-state index in [2.05, 4.69) is 17.0 Å². The summed E-state index contributed by atoms with van der Waals surface area (Å²) >= 11 is 0. The smallest absolute Gasteiger partial charge is 0.255 e. The fourth-order valence-electron chi connectivity index (χ4n) is 5.35. The minimum Gasteiger partial charge on any atom is -0.379 e. The number of hydrogen-bond acceptors (Lipinski definition) is 4. The van der Waals surface area contributed by atoms with E-state index in [9.17, 15) is 14.7 Å². The van der Waals surface area contributed by atoms with Crippen LogP contribution >= 0.6 is 0 Å². The van der Waals surface area contributed by atoms with Crippen molar-refractivity contribution in [3.05, 3.63) is 35.9 Å². The van der Waals surface area contributed by atoms with Gasteiger partial charge in [0.05, 0.1) is 6.54 Å². The number of β-amino-alcohol motifs (C(OH)–C–C–N with tert-alkyl or cyclic N) is 1. The van der Waals surface area contributed by atoms with Gasteiger partial charge in [-0.2, -0.15) is 0 Å². The van der Waals surface area contributed by atoms with Gasteiger partial charge in [-0.3, -0.25) is 14.5 Å². The Hall–Kier alpha value is -1.92. The number of aliphatic hydroxyl groups is 1. The van der Waals surface area contributed by atoms with Crippen LogP contribution in [0.25, 0.3) is 0 Å². The SMILES string of the molecule is O=C1CN(C[C@@]2(O)CCCN(CCc3ccccc3)C2=O)CCN1C1CCCCC1. The van der Waals surface area contributed by atoms with Crippen molar-refractivity contribution >= 4 is 11.8 Å². The summed E-state index contributed by atoms with van der Waals surface area (Å²) in [7, 11) is 0. The monoisotopic (exact) mass is 413 g/mol. The van der Waals surface area contributed by atoms with Crippen LogP contribution in [0, 0.1) is 0 Å². The van der Waals surface area contributed by atoms with Gasteiger partial charge in [0.2, 0.25) is 5.91 Å². The lowest BCUT2D eigenvalue weighted by Crippen LogP contribution is -2.62. The van der Waals surface area contributed by atoms with Gasteiger partial charge in [0.25, 0.3) is 5.91 Å². The molecule has 1 aliphatic carbocycles. The maximum Gasteiger partial charge on any atom is 0.255 e. The highest BCUT2D eigenvalue weighted by atomic mass is 16.3. The zero-order valence-electron chi connectivity index (χ0n) is 18.0. The second-order valence-corrected chi connectivity index (χ2v) is 9.25. The summed E-state index contributed by atoms with van der Waals surface area (Å²) in [6, 6.07) is 10.5. The molecule has 1 aromatic carbocycles. The van der Waals surface area contributed by atoms with Gasteiger partial charge >= 0.3 is 0 Å². The zero-order chi connectivity index (χ0) is 21.0. The van der Waals surface area contributed by atoms with E-state index in [4.69, 9.17) is 0 Å². The number of amides is 2. The first-order valence-corrected chi connectivity index (χ1v) is 11.6. The van der Waals surface area contributed by atoms with Gasteiger partial charge in [-0.25, -0.2) is 0 Å². The molecular formula is C24H35N3O3. The molecule has 30 heavy (non-hydrogen) atoms. The maximum absolute atomic E-state index is 13.1. The number of piperidine rings is 1. The lowest BCUT2D eigenvalue weighted by Gasteiger charge is -2.44. The molecule has 1 atom stereocenters. The number of rotatable bonds is 6. The van der Waals surface area contributed by atoms with E-state index in [1.165, 1.54) is 24.8 Å². The molecule has 2 heterocycles. The molecule has 164 valence electrons. The number of nitrogens with zero attached hydrogens (tertiary/aromatic N) is 3. The molecule has 1 N–H and O–H groups in total. The van der Waals surface area contributed by atoms with Gasteiger partial charge in [0.1, 0.15) is 0 Å². The molecule has 6 heteroatoms. The van der Waals surface area contributed by atoms with Gasteiger partial charge in [0, 0.05) is 38.8 Å². The van der Waals surface area contributed by atoms with Gasteiger partial charge in [-0.15, -0.1) is 0 Å². The number of carbonyl (C=O) groups is 2. The van der Waals surface area contributed by atoms with Crippen LogP contribution in [0.3, 0.4) is 0 Å². The Kier molecular flexibility index (Phi) is 6.74. The molecule has 3 aliphatic rings. The predicted octanol–water partition coefficient (Wildman–Crippen LogP) is 2.06. The van der Waals surface area contributed by atoms with Crippen molar-refractivity contribution in [2.45, 2.75) is 63.0 Å². The van der Waals surface area contributed by atoms with E-state index in [1.54, 1.807) is 4.90 Å². The molecule has 2 saturated heterocycles. The van der Waals surface area contributed by atoms with Crippen molar-refractivity contribution in [1.82, 2.24) is 14.7 Å². The summed E-state index contributed by atoms with van der Waals surface area (Å²) in [5, 5.41) is 11.2. The fraction of sp³-hybridized carbons (Fsp3) is 0.667. The predicted molar refractivity (Wildman–Crippen MR) is 116 cm³/mol. The maximum atomic E-state index is 13.1. The van der Waals surface area contributed by atoms with Gasteiger partial charge in [-0.1, -0.05) is 49.6 Å². The number of hydrogen-bond donors (Lipinski definition) is 1. The Morgan fingerprint density at radius 3 is 2.47 bits per heavy atom. The molecule has 0 bridgehead atoms. The molecule has 0 radical (unpaired) electrons. The Morgan fingerprint density at radius 1 is 0.967 bits per heavy atom. The third kappa shape index (κ3) is 4.86. The number of piperazine rings is 1. The van der Waals surface area contributed by atoms with Crippen molar-refractivity contribution in [2.24, 2.45) is 0 Å². The molecule has 2 amide bonds. The van der Waals surface area contributed by atoms with Crippen LogP contribution in [0.2, 0.25) is 0 Å². The Bertz CT molecular complexity index is 734. The van der Waals surface area contributed by atoms with Crippen LogP contribution in [-0.2, 0) is 16.0 Å². The molecule has 0 spiro atoms. The van der Waals surface area contributed by atoms with Crippen molar-refractivity contribution in [3.8, 4) is 0 Å². The first-order valence-electron chi connectivity index (χ1n) is 11.6. The molecule has 2 aliphatic heterocycles. The summed E-state index contributed by atoms with van der Waals surface area (Å²) in [5.74, 6) is -0.0206. The molecular weight excluding hydrogens is 378 g/mol. The average Bonchev–Trinajstić information content (AvgIpc) is 2.76. The van der Waals surface area contributed by atoms with Crippen molar-refractivity contribution < 1.29 is 14.7 Å². The lowest BCUT2D eigenvalue weighted by molar-refractivity contribution is -0.162. The number of benzene rings is 1. The van der Waals surface area contributed by atoms with Gasteiger partial charge < -0.3 is 14.9 Å². The topological polar surface area (TPSA) is 64.1 Å². The number of likely N-dealkylation sites (tertiary alicyclic amines) is 1. The third-order valence-electron chi connectivity index (χ3n) is 7.05. The highest BCUT2D eigenvalue weighted by Gasteiger charge is 2.44. The Balaban J connectivity index is 1.31. The number of carbonyl (C=O) groups excluding carboxylic acids is 2. The van der Waals surface area contributed by atoms with E-state index in [0.29, 0.717) is 38.6 Å². The van der Waals surface area contributed by atoms with Gasteiger partial charge in [-0.05, 0) is 37.7 Å². The molecule has 0 aromatic heterocycles. The van der Waals surface area contributed by atoms with Crippen molar-refractivity contribution in [3.63, 3.8) is 0 Å². The molecule has 6 nitrogen and oxygen atoms in total. The largest absolute Gasteiger partial charge is 0.379 e. The first-order chi connectivity index (χ1) is 14.5. The summed E-state index contributed by atoms with van der Waals surface area (Å²) in [4.78, 5) is 31.7. The Morgan fingerprint density at radius 2 is 1.73 bits per heavy atom. The quantitative estimate of drug-likeness (QED) is 0.775. The summed E-state index contributed by atoms with van der Waals surface area (Å²) in [6.07, 6.45) is 8.00. The highest BCUT2D eigenvalue weighted by Crippen LogP contribution is 2.27. The summed E-state index contributed by atoms with van der Waals surface area (Å²) < 4.78 is 0. The van der Waals surface area contributed by atoms with Crippen LogP contribution < -0.4 is 0 Å². The van der Waals surface area contributed by atoms with Crippen LogP contribution in [0.5, 0.6) is 0 Å². The molecule has 1 aromatic rings. The minimum absolute atomic E-state index is 0.154.